The van der Waals surface area contributed by atoms with E-state index in [1.165, 1.54) is 22.3 Å². The van der Waals surface area contributed by atoms with Crippen LogP contribution in [0.15, 0.2) is 64.9 Å². The minimum Gasteiger partial charge on any atom is -0.872 e. The number of benzene rings is 1. The van der Waals surface area contributed by atoms with Crippen LogP contribution in [0.1, 0.15) is 29.5 Å². The summed E-state index contributed by atoms with van der Waals surface area (Å²) in [7, 11) is 4.05. The van der Waals surface area contributed by atoms with E-state index in [9.17, 15) is 14.7 Å². The van der Waals surface area contributed by atoms with E-state index in [-0.39, 0.29) is 5.57 Å². The van der Waals surface area contributed by atoms with Crippen molar-refractivity contribution in [1.82, 2.24) is 14.7 Å². The van der Waals surface area contributed by atoms with Crippen LogP contribution in [0.5, 0.6) is 0 Å². The molecule has 4 rings (SSSR count). The van der Waals surface area contributed by atoms with Gasteiger partial charge in [-0.3, -0.25) is 9.59 Å². The van der Waals surface area contributed by atoms with Crippen LogP contribution < -0.4 is 10.0 Å². The highest BCUT2D eigenvalue weighted by molar-refractivity contribution is 6.46. The number of Topliss-reactive ketones (excluding diaryl/α,β-unsaturated/α-hetero) is 1. The molecule has 1 N–H and O–H groups in total. The molecule has 3 heterocycles. The molecule has 2 aromatic heterocycles. The molecular formula is C24H26N4O4. The number of hydrogen-bond acceptors (Lipinski definition) is 5. The van der Waals surface area contributed by atoms with E-state index in [0.29, 0.717) is 30.0 Å². The van der Waals surface area contributed by atoms with Crippen LogP contribution in [0.25, 0.3) is 11.4 Å². The second-order valence-corrected chi connectivity index (χ2v) is 8.19. The van der Waals surface area contributed by atoms with Crippen LogP contribution in [0.4, 0.5) is 0 Å². The van der Waals surface area contributed by atoms with Gasteiger partial charge < -0.3 is 19.3 Å². The van der Waals surface area contributed by atoms with Gasteiger partial charge in [0.25, 0.3) is 5.91 Å². The molecule has 1 fully saturated rings. The molecule has 8 heteroatoms. The summed E-state index contributed by atoms with van der Waals surface area (Å²) in [5, 5.41) is 17.9. The van der Waals surface area contributed by atoms with Gasteiger partial charge in [-0.25, -0.2) is 4.68 Å². The summed E-state index contributed by atoms with van der Waals surface area (Å²) in [6.07, 6.45) is 3.63. The molecule has 0 radical (unpaired) electrons. The van der Waals surface area contributed by atoms with Gasteiger partial charge in [0.05, 0.1) is 38.8 Å². The summed E-state index contributed by atoms with van der Waals surface area (Å²) < 4.78 is 7.20. The van der Waals surface area contributed by atoms with Crippen molar-refractivity contribution in [2.75, 3.05) is 27.2 Å². The number of carbonyl (C=O) groups excluding carboxylic acids is 2. The van der Waals surface area contributed by atoms with Gasteiger partial charge >= 0.3 is 0 Å². The molecule has 1 atom stereocenters. The molecule has 0 spiro atoms. The third kappa shape index (κ3) is 3.85. The fourth-order valence-electron chi connectivity index (χ4n) is 4.05. The molecule has 1 aliphatic rings. The Kier molecular flexibility index (Phi) is 5.96. The van der Waals surface area contributed by atoms with E-state index in [4.69, 9.17) is 4.42 Å². The highest BCUT2D eigenvalue weighted by Crippen LogP contribution is 2.39. The summed E-state index contributed by atoms with van der Waals surface area (Å²) in [6, 6.07) is 12.0. The summed E-state index contributed by atoms with van der Waals surface area (Å²) in [5.41, 5.74) is 1.61. The Hall–Kier alpha value is -3.65. The van der Waals surface area contributed by atoms with Gasteiger partial charge in [0.1, 0.15) is 11.8 Å². The van der Waals surface area contributed by atoms with Crippen molar-refractivity contribution in [2.45, 2.75) is 19.4 Å². The Morgan fingerprint density at radius 1 is 1.16 bits per heavy atom. The zero-order chi connectivity index (χ0) is 22.8. The average Bonchev–Trinajstić information content (AvgIpc) is 3.49. The molecule has 1 aliphatic heterocycles. The molecule has 1 unspecified atom stereocenters. The number of ketones is 1. The number of hydrogen-bond donors (Lipinski definition) is 1. The van der Waals surface area contributed by atoms with Crippen molar-refractivity contribution in [2.24, 2.45) is 0 Å². The van der Waals surface area contributed by atoms with Gasteiger partial charge in [0.15, 0.2) is 0 Å². The first-order valence-corrected chi connectivity index (χ1v) is 10.6. The van der Waals surface area contributed by atoms with Gasteiger partial charge in [0.2, 0.25) is 5.78 Å². The Morgan fingerprint density at radius 2 is 1.91 bits per heavy atom. The van der Waals surface area contributed by atoms with Crippen molar-refractivity contribution in [3.8, 4) is 5.69 Å². The van der Waals surface area contributed by atoms with Crippen LogP contribution in [-0.4, -0.2) is 53.6 Å². The number of nitrogens with zero attached hydrogens (tertiary/aromatic N) is 3. The monoisotopic (exact) mass is 434 g/mol. The predicted octanol–water partition coefficient (Wildman–Crippen LogP) is 0.532. The molecule has 0 bridgehead atoms. The largest absolute Gasteiger partial charge is 0.872 e. The lowest BCUT2D eigenvalue weighted by molar-refractivity contribution is -0.858. The zero-order valence-corrected chi connectivity index (χ0v) is 18.4. The van der Waals surface area contributed by atoms with Crippen molar-refractivity contribution in [3.63, 3.8) is 0 Å². The van der Waals surface area contributed by atoms with Crippen molar-refractivity contribution in [1.29, 1.82) is 0 Å². The van der Waals surface area contributed by atoms with Gasteiger partial charge in [-0.1, -0.05) is 24.0 Å². The first-order chi connectivity index (χ1) is 15.4. The molecule has 0 saturated carbocycles. The summed E-state index contributed by atoms with van der Waals surface area (Å²) in [4.78, 5) is 28.6. The first kappa shape index (κ1) is 21.6. The standard InChI is InChI=1S/C24H26N4O4/c1-16-18(15-25-28(16)17-9-5-4-6-10-17)22(29)20-21(19-11-7-14-32-19)27(24(31)23(20)30)13-8-12-26(2)3/h4-7,9-11,14-15,21,29H,8,12-13H2,1-3H3. The Morgan fingerprint density at radius 3 is 2.56 bits per heavy atom. The lowest BCUT2D eigenvalue weighted by Gasteiger charge is -2.25. The van der Waals surface area contributed by atoms with E-state index in [1.807, 2.05) is 44.4 Å². The lowest BCUT2D eigenvalue weighted by Crippen LogP contribution is -3.05. The molecule has 3 aromatic rings. The summed E-state index contributed by atoms with van der Waals surface area (Å²) >= 11 is 0. The molecule has 166 valence electrons. The Labute approximate surface area is 186 Å². The molecule has 0 aliphatic carbocycles. The van der Waals surface area contributed by atoms with E-state index in [2.05, 4.69) is 5.10 Å². The predicted molar refractivity (Wildman–Crippen MR) is 116 cm³/mol. The number of aromatic nitrogens is 2. The number of quaternary nitrogens is 1. The number of rotatable bonds is 7. The van der Waals surface area contributed by atoms with Crippen LogP contribution >= 0.6 is 0 Å². The van der Waals surface area contributed by atoms with Crippen molar-refractivity contribution in [3.05, 3.63) is 77.5 Å². The number of carbonyl (C=O) groups is 2. The molecule has 1 amide bonds. The minimum atomic E-state index is -0.839. The van der Waals surface area contributed by atoms with Crippen molar-refractivity contribution >= 4 is 17.4 Å². The van der Waals surface area contributed by atoms with E-state index in [1.54, 1.807) is 23.7 Å². The minimum absolute atomic E-state index is 0.0853. The zero-order valence-electron chi connectivity index (χ0n) is 18.4. The Bertz CT molecular complexity index is 1150. The van der Waals surface area contributed by atoms with E-state index < -0.39 is 23.5 Å². The number of nitrogens with one attached hydrogen (secondary N) is 1. The molecule has 8 nitrogen and oxygen atoms in total. The normalized spacial score (nSPS) is 18.1. The maximum atomic E-state index is 13.6. The third-order valence-corrected chi connectivity index (χ3v) is 5.67. The van der Waals surface area contributed by atoms with Gasteiger partial charge in [-0.2, -0.15) is 5.10 Å². The fourth-order valence-corrected chi connectivity index (χ4v) is 4.05. The van der Waals surface area contributed by atoms with E-state index >= 15 is 0 Å². The quantitative estimate of drug-likeness (QED) is 0.333. The summed E-state index contributed by atoms with van der Waals surface area (Å²) in [6.45, 7) is 2.96. The third-order valence-electron chi connectivity index (χ3n) is 5.67. The van der Waals surface area contributed by atoms with Gasteiger partial charge in [0, 0.05) is 29.8 Å². The Balaban J connectivity index is 1.77. The van der Waals surface area contributed by atoms with Gasteiger partial charge in [-0.15, -0.1) is 0 Å². The molecule has 32 heavy (non-hydrogen) atoms. The molecule has 1 aromatic carbocycles. The second kappa shape index (κ2) is 8.84. The maximum Gasteiger partial charge on any atom is 0.295 e. The van der Waals surface area contributed by atoms with Crippen LogP contribution in [0, 0.1) is 6.92 Å². The number of para-hydroxylation sites is 1. The number of likely N-dealkylation sites (tertiary alicyclic amines) is 1. The first-order valence-electron chi connectivity index (χ1n) is 10.6. The second-order valence-electron chi connectivity index (χ2n) is 8.19. The van der Waals surface area contributed by atoms with Crippen LogP contribution in [0.3, 0.4) is 0 Å². The van der Waals surface area contributed by atoms with Crippen molar-refractivity contribution < 1.29 is 24.0 Å². The highest BCUT2D eigenvalue weighted by atomic mass is 16.3. The fraction of sp³-hybridized carbons (Fsp3) is 0.292. The molecule has 1 saturated heterocycles. The highest BCUT2D eigenvalue weighted by Gasteiger charge is 2.45. The number of furan rings is 1. The smallest absolute Gasteiger partial charge is 0.295 e. The van der Waals surface area contributed by atoms with Crippen LogP contribution in [-0.2, 0) is 9.59 Å². The lowest BCUT2D eigenvalue weighted by atomic mass is 9.99. The van der Waals surface area contributed by atoms with E-state index in [0.717, 1.165) is 12.2 Å². The maximum absolute atomic E-state index is 13.6. The van der Waals surface area contributed by atoms with Gasteiger partial charge in [-0.05, 0) is 31.2 Å². The van der Waals surface area contributed by atoms with Crippen LogP contribution in [0.2, 0.25) is 0 Å². The average molecular weight is 434 g/mol. The number of amides is 1. The molecular weight excluding hydrogens is 408 g/mol. The SMILES string of the molecule is Cc1c(C([O-])=C2C(=O)C(=O)N(CCC[NH+](C)C)C2c2ccco2)cnn1-c1ccccc1. The topological polar surface area (TPSA) is 95.8 Å². The summed E-state index contributed by atoms with van der Waals surface area (Å²) in [5.74, 6) is -1.54.